The van der Waals surface area contributed by atoms with Crippen LogP contribution in [0.1, 0.15) is 5.56 Å². The molecule has 1 aromatic rings. The molecule has 0 aliphatic heterocycles. The van der Waals surface area contributed by atoms with Gasteiger partial charge in [-0.1, -0.05) is 6.07 Å². The lowest BCUT2D eigenvalue weighted by Crippen LogP contribution is -2.23. The Morgan fingerprint density at radius 1 is 1.47 bits per heavy atom. The Hall–Kier alpha value is -1.26. The average molecular weight is 211 g/mol. The average Bonchev–Trinajstić information content (AvgIpc) is 2.27. The molecule has 0 saturated heterocycles. The second kappa shape index (κ2) is 5.58. The Labute approximate surface area is 89.5 Å². The maximum Gasteiger partial charge on any atom is 0.123 e. The van der Waals surface area contributed by atoms with Crippen LogP contribution in [0.15, 0.2) is 18.2 Å². The second-order valence-electron chi connectivity index (χ2n) is 3.35. The van der Waals surface area contributed by atoms with Crippen LogP contribution in [0, 0.1) is 6.92 Å². The minimum Gasteiger partial charge on any atom is -0.496 e. The smallest absolute Gasteiger partial charge is 0.123 e. The van der Waals surface area contributed by atoms with Gasteiger partial charge in [0.05, 0.1) is 19.8 Å². The number of hydrogen-bond donors (Lipinski definition) is 3. The van der Waals surface area contributed by atoms with Crippen LogP contribution < -0.4 is 10.1 Å². The molecule has 0 heterocycles. The zero-order chi connectivity index (χ0) is 11.3. The molecular weight excluding hydrogens is 194 g/mol. The number of hydrogen-bond acceptors (Lipinski definition) is 4. The molecular formula is C11H17NO3. The molecule has 0 fully saturated rings. The number of benzene rings is 1. The fourth-order valence-corrected chi connectivity index (χ4v) is 1.32. The number of anilines is 1. The topological polar surface area (TPSA) is 61.7 Å². The number of nitrogens with one attached hydrogen (secondary N) is 1. The Bertz CT molecular complexity index is 315. The number of rotatable bonds is 5. The van der Waals surface area contributed by atoms with Crippen LogP contribution in [0.3, 0.4) is 0 Å². The summed E-state index contributed by atoms with van der Waals surface area (Å²) in [7, 11) is 1.62. The molecule has 0 aliphatic rings. The number of ether oxygens (including phenoxy) is 1. The Morgan fingerprint density at radius 3 is 2.80 bits per heavy atom. The first-order chi connectivity index (χ1) is 7.19. The molecule has 0 bridgehead atoms. The van der Waals surface area contributed by atoms with Gasteiger partial charge in [-0.15, -0.1) is 0 Å². The van der Waals surface area contributed by atoms with E-state index in [-0.39, 0.29) is 6.61 Å². The van der Waals surface area contributed by atoms with E-state index in [0.717, 1.165) is 17.0 Å². The van der Waals surface area contributed by atoms with E-state index in [2.05, 4.69) is 5.32 Å². The predicted octanol–water partition coefficient (Wildman–Crippen LogP) is 0.769. The van der Waals surface area contributed by atoms with Gasteiger partial charge in [-0.05, 0) is 19.1 Å². The zero-order valence-electron chi connectivity index (χ0n) is 9.03. The number of aliphatic hydroxyl groups excluding tert-OH is 2. The fourth-order valence-electron chi connectivity index (χ4n) is 1.32. The van der Waals surface area contributed by atoms with Crippen molar-refractivity contribution in [1.29, 1.82) is 0 Å². The van der Waals surface area contributed by atoms with Gasteiger partial charge in [0.1, 0.15) is 5.75 Å². The van der Waals surface area contributed by atoms with Crippen molar-refractivity contribution in [3.05, 3.63) is 23.8 Å². The molecule has 1 rings (SSSR count). The molecule has 4 heteroatoms. The summed E-state index contributed by atoms with van der Waals surface area (Å²) in [4.78, 5) is 0. The minimum absolute atomic E-state index is 0.240. The molecule has 0 amide bonds. The van der Waals surface area contributed by atoms with Crippen LogP contribution in [-0.4, -0.2) is 36.6 Å². The van der Waals surface area contributed by atoms with E-state index in [0.29, 0.717) is 6.54 Å². The summed E-state index contributed by atoms with van der Waals surface area (Å²) >= 11 is 0. The van der Waals surface area contributed by atoms with Gasteiger partial charge in [-0.3, -0.25) is 0 Å². The van der Waals surface area contributed by atoms with Gasteiger partial charge in [0.15, 0.2) is 0 Å². The van der Waals surface area contributed by atoms with Gasteiger partial charge in [0, 0.05) is 17.8 Å². The van der Waals surface area contributed by atoms with Crippen LogP contribution in [-0.2, 0) is 0 Å². The standard InChI is InChI=1S/C11H17NO3/c1-8-10(12-6-9(14)7-13)4-3-5-11(8)15-2/h3-5,9,12-14H,6-7H2,1-2H3. The molecule has 0 aromatic heterocycles. The highest BCUT2D eigenvalue weighted by Gasteiger charge is 2.05. The number of methoxy groups -OCH3 is 1. The van der Waals surface area contributed by atoms with Crippen molar-refractivity contribution in [2.24, 2.45) is 0 Å². The summed E-state index contributed by atoms with van der Waals surface area (Å²) in [5.41, 5.74) is 1.90. The molecule has 84 valence electrons. The normalized spacial score (nSPS) is 12.3. The highest BCUT2D eigenvalue weighted by Crippen LogP contribution is 2.24. The van der Waals surface area contributed by atoms with E-state index in [9.17, 15) is 5.11 Å². The molecule has 0 radical (unpaired) electrons. The van der Waals surface area contributed by atoms with Gasteiger partial charge in [-0.25, -0.2) is 0 Å². The molecule has 1 unspecified atom stereocenters. The molecule has 0 saturated carbocycles. The van der Waals surface area contributed by atoms with Crippen molar-refractivity contribution < 1.29 is 14.9 Å². The summed E-state index contributed by atoms with van der Waals surface area (Å²) in [6.07, 6.45) is -0.740. The third-order valence-corrected chi connectivity index (χ3v) is 2.24. The predicted molar refractivity (Wildman–Crippen MR) is 59.3 cm³/mol. The lowest BCUT2D eigenvalue weighted by atomic mass is 10.1. The maximum absolute atomic E-state index is 9.19. The van der Waals surface area contributed by atoms with E-state index in [4.69, 9.17) is 9.84 Å². The van der Waals surface area contributed by atoms with Gasteiger partial charge in [0.2, 0.25) is 0 Å². The lowest BCUT2D eigenvalue weighted by molar-refractivity contribution is 0.105. The van der Waals surface area contributed by atoms with E-state index in [1.54, 1.807) is 7.11 Å². The quantitative estimate of drug-likeness (QED) is 0.673. The first kappa shape index (κ1) is 11.8. The van der Waals surface area contributed by atoms with E-state index in [1.807, 2.05) is 25.1 Å². The number of aliphatic hydroxyl groups is 2. The lowest BCUT2D eigenvalue weighted by Gasteiger charge is -2.14. The highest BCUT2D eigenvalue weighted by atomic mass is 16.5. The third kappa shape index (κ3) is 3.11. The second-order valence-corrected chi connectivity index (χ2v) is 3.35. The van der Waals surface area contributed by atoms with Gasteiger partial charge >= 0.3 is 0 Å². The maximum atomic E-state index is 9.19. The van der Waals surface area contributed by atoms with Crippen molar-refractivity contribution in [2.75, 3.05) is 25.6 Å². The molecule has 15 heavy (non-hydrogen) atoms. The highest BCUT2D eigenvalue weighted by molar-refractivity contribution is 5.56. The molecule has 0 spiro atoms. The summed E-state index contributed by atoms with van der Waals surface area (Å²) in [6.45, 7) is 2.02. The van der Waals surface area contributed by atoms with Gasteiger partial charge in [-0.2, -0.15) is 0 Å². The fraction of sp³-hybridized carbons (Fsp3) is 0.455. The van der Waals surface area contributed by atoms with Crippen LogP contribution >= 0.6 is 0 Å². The Balaban J connectivity index is 2.68. The monoisotopic (exact) mass is 211 g/mol. The third-order valence-electron chi connectivity index (χ3n) is 2.24. The van der Waals surface area contributed by atoms with Crippen molar-refractivity contribution in [1.82, 2.24) is 0 Å². The summed E-state index contributed by atoms with van der Waals surface area (Å²) < 4.78 is 5.17. The molecule has 1 aromatic carbocycles. The molecule has 4 nitrogen and oxygen atoms in total. The van der Waals surface area contributed by atoms with Crippen LogP contribution in [0.2, 0.25) is 0 Å². The van der Waals surface area contributed by atoms with E-state index >= 15 is 0 Å². The largest absolute Gasteiger partial charge is 0.496 e. The van der Waals surface area contributed by atoms with Crippen molar-refractivity contribution in [3.63, 3.8) is 0 Å². The van der Waals surface area contributed by atoms with E-state index in [1.165, 1.54) is 0 Å². The van der Waals surface area contributed by atoms with Gasteiger partial charge in [0.25, 0.3) is 0 Å². The summed E-state index contributed by atoms with van der Waals surface area (Å²) in [5.74, 6) is 0.804. The van der Waals surface area contributed by atoms with Crippen LogP contribution in [0.5, 0.6) is 5.75 Å². The van der Waals surface area contributed by atoms with Crippen molar-refractivity contribution in [2.45, 2.75) is 13.0 Å². The minimum atomic E-state index is -0.740. The van der Waals surface area contributed by atoms with E-state index < -0.39 is 6.10 Å². The molecule has 0 aliphatic carbocycles. The molecule has 1 atom stereocenters. The van der Waals surface area contributed by atoms with Crippen LogP contribution in [0.25, 0.3) is 0 Å². The summed E-state index contributed by atoms with van der Waals surface area (Å²) in [5, 5.41) is 20.9. The zero-order valence-corrected chi connectivity index (χ0v) is 9.03. The van der Waals surface area contributed by atoms with Gasteiger partial charge < -0.3 is 20.3 Å². The SMILES string of the molecule is COc1cccc(NCC(O)CO)c1C. The van der Waals surface area contributed by atoms with Crippen molar-refractivity contribution in [3.8, 4) is 5.75 Å². The van der Waals surface area contributed by atoms with Crippen LogP contribution in [0.4, 0.5) is 5.69 Å². The summed E-state index contributed by atoms with van der Waals surface area (Å²) in [6, 6.07) is 5.66. The molecule has 3 N–H and O–H groups in total. The Morgan fingerprint density at radius 2 is 2.20 bits per heavy atom. The first-order valence-electron chi connectivity index (χ1n) is 4.85. The first-order valence-corrected chi connectivity index (χ1v) is 4.85. The van der Waals surface area contributed by atoms with Crippen molar-refractivity contribution >= 4 is 5.69 Å². The Kier molecular flexibility index (Phi) is 4.39.